The molecule has 0 aliphatic heterocycles. The smallest absolute Gasteiger partial charge is 0.247 e. The average Bonchev–Trinajstić information content (AvgIpc) is 2.64. The van der Waals surface area contributed by atoms with Gasteiger partial charge in [-0.15, -0.1) is 0 Å². The summed E-state index contributed by atoms with van der Waals surface area (Å²) in [5.41, 5.74) is 1.01. The largest absolute Gasteiger partial charge is 0.352 e. The van der Waals surface area contributed by atoms with Crippen molar-refractivity contribution < 1.29 is 18.8 Å². The Hall–Kier alpha value is -3.02. The van der Waals surface area contributed by atoms with Crippen LogP contribution in [0.4, 0.5) is 4.39 Å². The second-order valence-corrected chi connectivity index (χ2v) is 6.50. The van der Waals surface area contributed by atoms with Crippen LogP contribution in [0, 0.1) is 5.82 Å². The van der Waals surface area contributed by atoms with Crippen LogP contribution in [0.25, 0.3) is 0 Å². The number of hydrogen-bond donors (Lipinski definition) is 2. The number of benzene rings is 2. The van der Waals surface area contributed by atoms with E-state index in [9.17, 15) is 18.8 Å². The summed E-state index contributed by atoms with van der Waals surface area (Å²) in [6.45, 7) is 3.67. The zero-order valence-electron chi connectivity index (χ0n) is 15.4. The Morgan fingerprint density at radius 1 is 0.889 bits per heavy atom. The topological polar surface area (TPSA) is 75.3 Å². The summed E-state index contributed by atoms with van der Waals surface area (Å²) in [6.07, 6.45) is -0.0841. The minimum absolute atomic E-state index is 0.0230. The minimum atomic E-state index is -0.831. The van der Waals surface area contributed by atoms with Crippen LogP contribution in [0.3, 0.4) is 0 Å². The first-order valence-corrected chi connectivity index (χ1v) is 8.80. The normalized spacial score (nSPS) is 11.7. The van der Waals surface area contributed by atoms with Gasteiger partial charge in [-0.05, 0) is 43.7 Å². The zero-order valence-corrected chi connectivity index (χ0v) is 15.4. The SMILES string of the molecule is CC(C)NC(=O)[C@@H](NC(=O)CCC(=O)c1ccc(F)cc1)c1ccccc1. The van der Waals surface area contributed by atoms with Crippen molar-refractivity contribution in [3.8, 4) is 0 Å². The van der Waals surface area contributed by atoms with Crippen molar-refractivity contribution in [2.24, 2.45) is 0 Å². The van der Waals surface area contributed by atoms with E-state index in [0.29, 0.717) is 11.1 Å². The van der Waals surface area contributed by atoms with E-state index >= 15 is 0 Å². The summed E-state index contributed by atoms with van der Waals surface area (Å²) in [5.74, 6) is -1.40. The van der Waals surface area contributed by atoms with Gasteiger partial charge in [0.15, 0.2) is 5.78 Å². The lowest BCUT2D eigenvalue weighted by atomic mass is 10.0. The first-order valence-electron chi connectivity index (χ1n) is 8.80. The first-order chi connectivity index (χ1) is 12.9. The number of rotatable bonds is 8. The molecule has 0 fully saturated rings. The summed E-state index contributed by atoms with van der Waals surface area (Å²) in [6, 6.07) is 13.2. The molecule has 0 spiro atoms. The molecule has 0 saturated carbocycles. The molecule has 0 aliphatic carbocycles. The minimum Gasteiger partial charge on any atom is -0.352 e. The number of nitrogens with one attached hydrogen (secondary N) is 2. The van der Waals surface area contributed by atoms with Crippen LogP contribution in [0.1, 0.15) is 48.7 Å². The van der Waals surface area contributed by atoms with Gasteiger partial charge in [0.1, 0.15) is 11.9 Å². The molecule has 0 unspecified atom stereocenters. The van der Waals surface area contributed by atoms with E-state index < -0.39 is 17.8 Å². The van der Waals surface area contributed by atoms with Gasteiger partial charge in [0.2, 0.25) is 11.8 Å². The molecule has 27 heavy (non-hydrogen) atoms. The summed E-state index contributed by atoms with van der Waals surface area (Å²) in [5, 5.41) is 5.48. The Labute approximate surface area is 158 Å². The Morgan fingerprint density at radius 3 is 2.11 bits per heavy atom. The third-order valence-electron chi connectivity index (χ3n) is 3.88. The van der Waals surface area contributed by atoms with Crippen molar-refractivity contribution in [3.05, 3.63) is 71.5 Å². The predicted molar refractivity (Wildman–Crippen MR) is 101 cm³/mol. The van der Waals surface area contributed by atoms with Gasteiger partial charge in [-0.2, -0.15) is 0 Å². The molecule has 1 atom stereocenters. The van der Waals surface area contributed by atoms with Crippen molar-refractivity contribution >= 4 is 17.6 Å². The number of carbonyl (C=O) groups excluding carboxylic acids is 3. The number of Topliss-reactive ketones (excluding diaryl/α,β-unsaturated/α-hetero) is 1. The zero-order chi connectivity index (χ0) is 19.8. The summed E-state index contributed by atoms with van der Waals surface area (Å²) >= 11 is 0. The molecule has 0 bridgehead atoms. The molecule has 2 amide bonds. The van der Waals surface area contributed by atoms with Gasteiger partial charge in [0.25, 0.3) is 0 Å². The summed E-state index contributed by atoms with van der Waals surface area (Å²) < 4.78 is 12.9. The number of carbonyl (C=O) groups is 3. The van der Waals surface area contributed by atoms with E-state index in [1.54, 1.807) is 24.3 Å². The number of hydrogen-bond acceptors (Lipinski definition) is 3. The predicted octanol–water partition coefficient (Wildman–Crippen LogP) is 3.17. The van der Waals surface area contributed by atoms with Crippen LogP contribution in [-0.4, -0.2) is 23.6 Å². The highest BCUT2D eigenvalue weighted by Crippen LogP contribution is 2.14. The molecule has 0 heterocycles. The van der Waals surface area contributed by atoms with Crippen molar-refractivity contribution in [1.82, 2.24) is 10.6 Å². The second kappa shape index (κ2) is 9.62. The van der Waals surface area contributed by atoms with Crippen LogP contribution < -0.4 is 10.6 Å². The van der Waals surface area contributed by atoms with Crippen LogP contribution in [-0.2, 0) is 9.59 Å². The maximum atomic E-state index is 12.9. The highest BCUT2D eigenvalue weighted by Gasteiger charge is 2.23. The van der Waals surface area contributed by atoms with Crippen LogP contribution >= 0.6 is 0 Å². The fraction of sp³-hybridized carbons (Fsp3) is 0.286. The number of amides is 2. The molecule has 2 aromatic rings. The van der Waals surface area contributed by atoms with E-state index in [4.69, 9.17) is 0 Å². The Morgan fingerprint density at radius 2 is 1.52 bits per heavy atom. The quantitative estimate of drug-likeness (QED) is 0.701. The highest BCUT2D eigenvalue weighted by molar-refractivity contribution is 5.98. The monoisotopic (exact) mass is 370 g/mol. The molecule has 0 saturated heterocycles. The molecule has 0 aromatic heterocycles. The highest BCUT2D eigenvalue weighted by atomic mass is 19.1. The summed E-state index contributed by atoms with van der Waals surface area (Å²) in [7, 11) is 0. The molecular weight excluding hydrogens is 347 g/mol. The van der Waals surface area contributed by atoms with Gasteiger partial charge in [-0.3, -0.25) is 14.4 Å². The third kappa shape index (κ3) is 6.33. The molecule has 5 nitrogen and oxygen atoms in total. The Kier molecular flexibility index (Phi) is 7.23. The number of ketones is 1. The molecular formula is C21H23FN2O3. The average molecular weight is 370 g/mol. The molecule has 6 heteroatoms. The van der Waals surface area contributed by atoms with Crippen molar-refractivity contribution in [2.45, 2.75) is 38.8 Å². The molecule has 142 valence electrons. The van der Waals surface area contributed by atoms with Gasteiger partial charge in [0.05, 0.1) is 0 Å². The molecule has 0 aliphatic rings. The van der Waals surface area contributed by atoms with Gasteiger partial charge in [0, 0.05) is 24.4 Å². The van der Waals surface area contributed by atoms with Gasteiger partial charge in [-0.25, -0.2) is 4.39 Å². The lowest BCUT2D eigenvalue weighted by Crippen LogP contribution is -2.42. The van der Waals surface area contributed by atoms with Crippen molar-refractivity contribution in [3.63, 3.8) is 0 Å². The molecule has 0 radical (unpaired) electrons. The maximum Gasteiger partial charge on any atom is 0.247 e. The maximum absolute atomic E-state index is 12.9. The van der Waals surface area contributed by atoms with Crippen LogP contribution in [0.15, 0.2) is 54.6 Å². The Bertz CT molecular complexity index is 789. The van der Waals surface area contributed by atoms with Crippen LogP contribution in [0.5, 0.6) is 0 Å². The summed E-state index contributed by atoms with van der Waals surface area (Å²) in [4.78, 5) is 36.9. The molecule has 2 aromatic carbocycles. The van der Waals surface area contributed by atoms with Crippen molar-refractivity contribution in [2.75, 3.05) is 0 Å². The fourth-order valence-corrected chi connectivity index (χ4v) is 2.55. The van der Waals surface area contributed by atoms with Gasteiger partial charge < -0.3 is 10.6 Å². The number of halogens is 1. The standard InChI is InChI=1S/C21H23FN2O3/c1-14(2)23-21(27)20(16-6-4-3-5-7-16)24-19(26)13-12-18(25)15-8-10-17(22)11-9-15/h3-11,14,20H,12-13H2,1-2H3,(H,23,27)(H,24,26)/t20-/m0/s1. The molecule has 2 rings (SSSR count). The van der Waals surface area contributed by atoms with E-state index in [2.05, 4.69) is 10.6 Å². The fourth-order valence-electron chi connectivity index (χ4n) is 2.55. The van der Waals surface area contributed by atoms with E-state index in [0.717, 1.165) is 0 Å². The van der Waals surface area contributed by atoms with E-state index in [1.807, 2.05) is 19.9 Å². The van der Waals surface area contributed by atoms with E-state index in [1.165, 1.54) is 24.3 Å². The lowest BCUT2D eigenvalue weighted by Gasteiger charge is -2.20. The lowest BCUT2D eigenvalue weighted by molar-refractivity contribution is -0.129. The van der Waals surface area contributed by atoms with E-state index in [-0.39, 0.29) is 30.6 Å². The Balaban J connectivity index is 1.99. The second-order valence-electron chi connectivity index (χ2n) is 6.50. The first kappa shape index (κ1) is 20.3. The van der Waals surface area contributed by atoms with Crippen molar-refractivity contribution in [1.29, 1.82) is 0 Å². The molecule has 2 N–H and O–H groups in total. The van der Waals surface area contributed by atoms with Crippen LogP contribution in [0.2, 0.25) is 0 Å². The third-order valence-corrected chi connectivity index (χ3v) is 3.88. The van der Waals surface area contributed by atoms with Gasteiger partial charge >= 0.3 is 0 Å². The van der Waals surface area contributed by atoms with Gasteiger partial charge in [-0.1, -0.05) is 30.3 Å².